The van der Waals surface area contributed by atoms with Crippen LogP contribution >= 0.6 is 0 Å². The summed E-state index contributed by atoms with van der Waals surface area (Å²) < 4.78 is 0. The lowest BCUT2D eigenvalue weighted by atomic mass is 9.87. The molecule has 1 aromatic carbocycles. The Morgan fingerprint density at radius 3 is 2.65 bits per heavy atom. The molecule has 1 amide bonds. The van der Waals surface area contributed by atoms with Crippen LogP contribution < -0.4 is 0 Å². The van der Waals surface area contributed by atoms with Gasteiger partial charge in [-0.3, -0.25) is 9.89 Å². The number of carbonyl (C=O) groups excluding carboxylic acids is 1. The maximum absolute atomic E-state index is 12.9. The molecule has 0 aliphatic carbocycles. The summed E-state index contributed by atoms with van der Waals surface area (Å²) in [5.74, 6) is 1.20. The highest BCUT2D eigenvalue weighted by atomic mass is 16.2. The SMILES string of the molecule is CC(C)c1c(-c2ccnc3[nH]ncc23)[nH]c2ccc(C3CCN(C(=O)CCN4CCCCC4)CC3)cc12. The van der Waals surface area contributed by atoms with Crippen LogP contribution in [0.1, 0.15) is 75.3 Å². The Morgan fingerprint density at radius 1 is 1.05 bits per heavy atom. The number of rotatable bonds is 6. The number of benzene rings is 1. The number of hydrogen-bond acceptors (Lipinski definition) is 4. The van der Waals surface area contributed by atoms with Gasteiger partial charge in [0.2, 0.25) is 5.91 Å². The number of nitrogens with zero attached hydrogens (tertiary/aromatic N) is 4. The molecular weight excluding hydrogens is 460 g/mol. The van der Waals surface area contributed by atoms with Crippen LogP contribution in [0, 0.1) is 0 Å². The van der Waals surface area contributed by atoms with Gasteiger partial charge in [0.1, 0.15) is 0 Å². The van der Waals surface area contributed by atoms with Gasteiger partial charge in [0.15, 0.2) is 5.65 Å². The Labute approximate surface area is 218 Å². The van der Waals surface area contributed by atoms with E-state index in [0.717, 1.165) is 67.9 Å². The number of fused-ring (bicyclic) bond motifs is 2. The summed E-state index contributed by atoms with van der Waals surface area (Å²) in [6, 6.07) is 9.00. The Balaban J connectivity index is 1.19. The highest BCUT2D eigenvalue weighted by Crippen LogP contribution is 2.39. The van der Waals surface area contributed by atoms with Crippen LogP contribution in [0.2, 0.25) is 0 Å². The number of likely N-dealkylation sites (tertiary alicyclic amines) is 2. The van der Waals surface area contributed by atoms with Crippen LogP contribution in [0.3, 0.4) is 0 Å². The standard InChI is InChI=1S/C30H38N6O/c1-20(2)28-24-18-22(6-7-26(24)33-29(28)23-8-12-31-30-25(23)19-32-34-30)21-9-16-36(17-10-21)27(37)11-15-35-13-4-3-5-14-35/h6-8,12,18-21,33H,3-5,9-11,13-17H2,1-2H3,(H,31,32,34). The normalized spacial score (nSPS) is 17.9. The van der Waals surface area contributed by atoms with Gasteiger partial charge in [0.25, 0.3) is 0 Å². The van der Waals surface area contributed by atoms with Gasteiger partial charge in [-0.05, 0) is 79.9 Å². The molecule has 2 saturated heterocycles. The molecule has 5 heterocycles. The Kier molecular flexibility index (Phi) is 6.72. The van der Waals surface area contributed by atoms with Crippen molar-refractivity contribution in [2.24, 2.45) is 0 Å². The molecule has 4 aromatic rings. The molecule has 0 saturated carbocycles. The molecule has 2 aliphatic rings. The number of H-pyrrole nitrogens is 2. The van der Waals surface area contributed by atoms with E-state index >= 15 is 0 Å². The molecule has 2 aliphatic heterocycles. The molecule has 3 aromatic heterocycles. The average Bonchev–Trinajstić information content (AvgIpc) is 3.57. The molecule has 0 atom stereocenters. The number of hydrogen-bond donors (Lipinski definition) is 2. The van der Waals surface area contributed by atoms with Crippen molar-refractivity contribution in [3.8, 4) is 11.3 Å². The number of aromatic nitrogens is 4. The minimum atomic E-state index is 0.333. The van der Waals surface area contributed by atoms with Crippen molar-refractivity contribution in [3.05, 3.63) is 47.8 Å². The zero-order valence-corrected chi connectivity index (χ0v) is 22.1. The van der Waals surface area contributed by atoms with Crippen molar-refractivity contribution in [3.63, 3.8) is 0 Å². The van der Waals surface area contributed by atoms with Gasteiger partial charge >= 0.3 is 0 Å². The molecule has 37 heavy (non-hydrogen) atoms. The molecule has 7 nitrogen and oxygen atoms in total. The van der Waals surface area contributed by atoms with Gasteiger partial charge in [0.05, 0.1) is 11.9 Å². The molecule has 0 spiro atoms. The monoisotopic (exact) mass is 498 g/mol. The van der Waals surface area contributed by atoms with Crippen LogP contribution in [-0.4, -0.2) is 68.6 Å². The topological polar surface area (TPSA) is 80.9 Å². The van der Waals surface area contributed by atoms with Crippen molar-refractivity contribution in [1.29, 1.82) is 0 Å². The predicted molar refractivity (Wildman–Crippen MR) is 149 cm³/mol. The van der Waals surface area contributed by atoms with E-state index in [9.17, 15) is 4.79 Å². The molecular formula is C30H38N6O. The van der Waals surface area contributed by atoms with Crippen LogP contribution in [0.25, 0.3) is 33.2 Å². The van der Waals surface area contributed by atoms with E-state index in [2.05, 4.69) is 68.1 Å². The molecule has 2 fully saturated rings. The lowest BCUT2D eigenvalue weighted by molar-refractivity contribution is -0.132. The van der Waals surface area contributed by atoms with Gasteiger partial charge in [-0.15, -0.1) is 0 Å². The number of carbonyl (C=O) groups is 1. The fraction of sp³-hybridized carbons (Fsp3) is 0.500. The first kappa shape index (κ1) is 24.2. The maximum Gasteiger partial charge on any atom is 0.223 e. The first-order valence-electron chi connectivity index (χ1n) is 14.0. The fourth-order valence-corrected chi connectivity index (χ4v) is 6.42. The Morgan fingerprint density at radius 2 is 1.86 bits per heavy atom. The zero-order chi connectivity index (χ0) is 25.4. The van der Waals surface area contributed by atoms with E-state index < -0.39 is 0 Å². The van der Waals surface area contributed by atoms with Gasteiger partial charge in [-0.1, -0.05) is 26.3 Å². The second kappa shape index (κ2) is 10.3. The summed E-state index contributed by atoms with van der Waals surface area (Å²) >= 11 is 0. The van der Waals surface area contributed by atoms with Gasteiger partial charge < -0.3 is 14.8 Å². The Hall–Kier alpha value is -3.19. The van der Waals surface area contributed by atoms with Crippen LogP contribution in [0.4, 0.5) is 0 Å². The summed E-state index contributed by atoms with van der Waals surface area (Å²) in [6.07, 6.45) is 10.3. The summed E-state index contributed by atoms with van der Waals surface area (Å²) in [4.78, 5) is 25.6. The number of aromatic amines is 2. The average molecular weight is 499 g/mol. The largest absolute Gasteiger partial charge is 0.354 e. The fourth-order valence-electron chi connectivity index (χ4n) is 6.42. The highest BCUT2D eigenvalue weighted by Gasteiger charge is 2.26. The van der Waals surface area contributed by atoms with Gasteiger partial charge in [-0.25, -0.2) is 4.98 Å². The zero-order valence-electron chi connectivity index (χ0n) is 22.1. The van der Waals surface area contributed by atoms with Gasteiger partial charge in [0, 0.05) is 54.1 Å². The number of piperidine rings is 2. The van der Waals surface area contributed by atoms with E-state index in [4.69, 9.17) is 0 Å². The molecule has 194 valence electrons. The van der Waals surface area contributed by atoms with Crippen LogP contribution in [-0.2, 0) is 4.79 Å². The molecule has 0 bridgehead atoms. The van der Waals surface area contributed by atoms with E-state index in [-0.39, 0.29) is 0 Å². The second-order valence-electron chi connectivity index (χ2n) is 11.2. The first-order chi connectivity index (χ1) is 18.1. The maximum atomic E-state index is 12.9. The van der Waals surface area contributed by atoms with E-state index in [1.807, 2.05) is 12.4 Å². The van der Waals surface area contributed by atoms with E-state index in [0.29, 0.717) is 24.2 Å². The quantitative estimate of drug-likeness (QED) is 0.351. The third kappa shape index (κ3) is 4.77. The van der Waals surface area contributed by atoms with Crippen molar-refractivity contribution >= 4 is 27.8 Å². The van der Waals surface area contributed by atoms with Crippen molar-refractivity contribution in [2.75, 3.05) is 32.7 Å². The van der Waals surface area contributed by atoms with Crippen LogP contribution in [0.15, 0.2) is 36.7 Å². The predicted octanol–water partition coefficient (Wildman–Crippen LogP) is 5.81. The molecule has 0 radical (unpaired) electrons. The van der Waals surface area contributed by atoms with Crippen molar-refractivity contribution < 1.29 is 4.79 Å². The van der Waals surface area contributed by atoms with Crippen molar-refractivity contribution in [1.82, 2.24) is 30.0 Å². The minimum absolute atomic E-state index is 0.333. The van der Waals surface area contributed by atoms with Crippen molar-refractivity contribution in [2.45, 2.75) is 64.2 Å². The smallest absolute Gasteiger partial charge is 0.223 e. The molecule has 6 rings (SSSR count). The minimum Gasteiger partial charge on any atom is -0.354 e. The second-order valence-corrected chi connectivity index (χ2v) is 11.2. The third-order valence-corrected chi connectivity index (χ3v) is 8.47. The van der Waals surface area contributed by atoms with Gasteiger partial charge in [-0.2, -0.15) is 5.10 Å². The molecule has 7 heteroatoms. The summed E-state index contributed by atoms with van der Waals surface area (Å²) in [5, 5.41) is 9.55. The molecule has 0 unspecified atom stereocenters. The van der Waals surface area contributed by atoms with Crippen LogP contribution in [0.5, 0.6) is 0 Å². The number of amides is 1. The highest BCUT2D eigenvalue weighted by molar-refractivity contribution is 5.98. The molecule has 2 N–H and O–H groups in total. The lowest BCUT2D eigenvalue weighted by Gasteiger charge is -2.33. The summed E-state index contributed by atoms with van der Waals surface area (Å²) in [5.41, 5.74) is 7.01. The third-order valence-electron chi connectivity index (χ3n) is 8.47. The van der Waals surface area contributed by atoms with E-state index in [1.54, 1.807) is 0 Å². The summed E-state index contributed by atoms with van der Waals surface area (Å²) in [7, 11) is 0. The first-order valence-corrected chi connectivity index (χ1v) is 14.0. The Bertz CT molecular complexity index is 1390. The number of nitrogens with one attached hydrogen (secondary N) is 2. The lowest BCUT2D eigenvalue weighted by Crippen LogP contribution is -2.40. The number of pyridine rings is 1. The van der Waals surface area contributed by atoms with E-state index in [1.165, 1.54) is 41.3 Å². The summed E-state index contributed by atoms with van der Waals surface area (Å²) in [6.45, 7) is 9.50.